The van der Waals surface area contributed by atoms with Crippen molar-refractivity contribution in [2.24, 2.45) is 5.92 Å². The Morgan fingerprint density at radius 2 is 1.70 bits per heavy atom. The minimum atomic E-state index is -0.510. The van der Waals surface area contributed by atoms with Gasteiger partial charge in [0, 0.05) is 12.2 Å². The van der Waals surface area contributed by atoms with Crippen molar-refractivity contribution in [1.29, 1.82) is 0 Å². The molecule has 4 nitrogen and oxygen atoms in total. The van der Waals surface area contributed by atoms with Gasteiger partial charge in [-0.25, -0.2) is 9.59 Å². The van der Waals surface area contributed by atoms with E-state index >= 15 is 0 Å². The third-order valence-corrected chi connectivity index (χ3v) is 3.19. The number of hydrogen-bond acceptors (Lipinski definition) is 4. The van der Waals surface area contributed by atoms with E-state index in [1.54, 1.807) is 0 Å². The molecule has 0 spiro atoms. The van der Waals surface area contributed by atoms with Crippen LogP contribution in [0.15, 0.2) is 23.3 Å². The molecule has 0 saturated heterocycles. The summed E-state index contributed by atoms with van der Waals surface area (Å²) >= 11 is 0. The fraction of sp³-hybridized carbons (Fsp3) is 0.625. The molecule has 112 valence electrons. The molecule has 1 rings (SSSR count). The van der Waals surface area contributed by atoms with Gasteiger partial charge < -0.3 is 9.47 Å². The van der Waals surface area contributed by atoms with E-state index in [9.17, 15) is 9.59 Å². The topological polar surface area (TPSA) is 52.6 Å². The Hall–Kier alpha value is -1.58. The summed E-state index contributed by atoms with van der Waals surface area (Å²) in [6.45, 7) is 6.67. The summed E-state index contributed by atoms with van der Waals surface area (Å²) in [7, 11) is 0. The number of ether oxygens (including phenoxy) is 2. The maximum absolute atomic E-state index is 11.5. The van der Waals surface area contributed by atoms with Crippen molar-refractivity contribution in [2.75, 3.05) is 13.2 Å². The zero-order valence-corrected chi connectivity index (χ0v) is 12.6. The number of carbonyl (C=O) groups excluding carboxylic acids is 2. The molecule has 4 heteroatoms. The standard InChI is InChI=1S/C16H24O4/c1-12(2)10-19-15(17)8-9-16(18)20-11-14-7-5-4-6-13(14)3/h8-9,12H,4-7,10-11H2,1-3H3/b9-8+. The third-order valence-electron chi connectivity index (χ3n) is 3.19. The molecule has 1 aliphatic rings. The van der Waals surface area contributed by atoms with Crippen molar-refractivity contribution in [3.05, 3.63) is 23.3 Å². The fourth-order valence-corrected chi connectivity index (χ4v) is 1.95. The van der Waals surface area contributed by atoms with Gasteiger partial charge in [-0.15, -0.1) is 0 Å². The highest BCUT2D eigenvalue weighted by Crippen LogP contribution is 2.24. The minimum absolute atomic E-state index is 0.278. The molecular formula is C16H24O4. The van der Waals surface area contributed by atoms with Gasteiger partial charge in [0.15, 0.2) is 0 Å². The molecule has 0 fully saturated rings. The quantitative estimate of drug-likeness (QED) is 0.426. The van der Waals surface area contributed by atoms with Gasteiger partial charge in [-0.05, 0) is 44.1 Å². The Labute approximate surface area is 120 Å². The normalized spacial score (nSPS) is 15.8. The Morgan fingerprint density at radius 3 is 2.30 bits per heavy atom. The highest BCUT2D eigenvalue weighted by molar-refractivity contribution is 5.91. The molecule has 0 radical (unpaired) electrons. The molecule has 0 aromatic carbocycles. The van der Waals surface area contributed by atoms with Crippen LogP contribution >= 0.6 is 0 Å². The summed E-state index contributed by atoms with van der Waals surface area (Å²) in [4.78, 5) is 22.8. The zero-order valence-electron chi connectivity index (χ0n) is 12.6. The second-order valence-corrected chi connectivity index (χ2v) is 5.56. The maximum Gasteiger partial charge on any atom is 0.331 e. The van der Waals surface area contributed by atoms with Gasteiger partial charge in [-0.2, -0.15) is 0 Å². The lowest BCUT2D eigenvalue weighted by molar-refractivity contribution is -0.140. The number of allylic oxidation sites excluding steroid dienone is 1. The molecule has 0 bridgehead atoms. The van der Waals surface area contributed by atoms with Crippen LogP contribution in [0.5, 0.6) is 0 Å². The van der Waals surface area contributed by atoms with Crippen molar-refractivity contribution >= 4 is 11.9 Å². The van der Waals surface area contributed by atoms with Crippen LogP contribution in [0.3, 0.4) is 0 Å². The van der Waals surface area contributed by atoms with E-state index in [1.807, 2.05) is 13.8 Å². The van der Waals surface area contributed by atoms with Crippen molar-refractivity contribution in [3.63, 3.8) is 0 Å². The second kappa shape index (κ2) is 8.56. The lowest BCUT2D eigenvalue weighted by Crippen LogP contribution is -2.10. The number of rotatable bonds is 6. The fourth-order valence-electron chi connectivity index (χ4n) is 1.95. The van der Waals surface area contributed by atoms with Crippen LogP contribution in [0.4, 0.5) is 0 Å². The zero-order chi connectivity index (χ0) is 15.0. The molecular weight excluding hydrogens is 256 g/mol. The predicted molar refractivity (Wildman–Crippen MR) is 77.1 cm³/mol. The summed E-state index contributed by atoms with van der Waals surface area (Å²) in [5, 5.41) is 0. The SMILES string of the molecule is CC1=C(COC(=O)/C=C/C(=O)OCC(C)C)CCCC1. The highest BCUT2D eigenvalue weighted by atomic mass is 16.5. The molecule has 0 atom stereocenters. The Kier molecular flexibility index (Phi) is 7.05. The van der Waals surface area contributed by atoms with Crippen molar-refractivity contribution in [3.8, 4) is 0 Å². The minimum Gasteiger partial charge on any atom is -0.462 e. The summed E-state index contributed by atoms with van der Waals surface area (Å²) in [6.07, 6.45) is 6.70. The van der Waals surface area contributed by atoms with Crippen LogP contribution in [0.25, 0.3) is 0 Å². The summed E-state index contributed by atoms with van der Waals surface area (Å²) in [5.41, 5.74) is 2.53. The van der Waals surface area contributed by atoms with Crippen LogP contribution in [-0.2, 0) is 19.1 Å². The van der Waals surface area contributed by atoms with E-state index < -0.39 is 11.9 Å². The number of esters is 2. The molecule has 0 amide bonds. The van der Waals surface area contributed by atoms with E-state index in [2.05, 4.69) is 6.92 Å². The van der Waals surface area contributed by atoms with Gasteiger partial charge in [0.2, 0.25) is 0 Å². The Bertz CT molecular complexity index is 405. The molecule has 0 unspecified atom stereocenters. The van der Waals surface area contributed by atoms with Gasteiger partial charge in [-0.1, -0.05) is 19.4 Å². The lowest BCUT2D eigenvalue weighted by atomic mass is 9.93. The molecule has 0 aromatic rings. The first kappa shape index (κ1) is 16.5. The van der Waals surface area contributed by atoms with E-state index in [1.165, 1.54) is 17.6 Å². The lowest BCUT2D eigenvalue weighted by Gasteiger charge is -2.17. The molecule has 0 aliphatic heterocycles. The Balaban J connectivity index is 2.31. The van der Waals surface area contributed by atoms with Gasteiger partial charge in [0.25, 0.3) is 0 Å². The second-order valence-electron chi connectivity index (χ2n) is 5.56. The average molecular weight is 280 g/mol. The largest absolute Gasteiger partial charge is 0.462 e. The van der Waals surface area contributed by atoms with Gasteiger partial charge in [-0.3, -0.25) is 0 Å². The monoisotopic (exact) mass is 280 g/mol. The highest BCUT2D eigenvalue weighted by Gasteiger charge is 2.10. The van der Waals surface area contributed by atoms with Gasteiger partial charge in [0.1, 0.15) is 6.61 Å². The van der Waals surface area contributed by atoms with Gasteiger partial charge in [0.05, 0.1) is 6.61 Å². The van der Waals surface area contributed by atoms with Crippen LogP contribution in [0.1, 0.15) is 46.5 Å². The average Bonchev–Trinajstić information content (AvgIpc) is 2.42. The molecule has 1 aliphatic carbocycles. The van der Waals surface area contributed by atoms with Crippen LogP contribution in [-0.4, -0.2) is 25.2 Å². The Morgan fingerprint density at radius 1 is 1.10 bits per heavy atom. The molecule has 0 aromatic heterocycles. The van der Waals surface area contributed by atoms with E-state index in [0.29, 0.717) is 13.2 Å². The van der Waals surface area contributed by atoms with Crippen LogP contribution < -0.4 is 0 Å². The first-order valence-corrected chi connectivity index (χ1v) is 7.18. The molecule has 0 saturated carbocycles. The molecule has 0 heterocycles. The molecule has 0 N–H and O–H groups in total. The molecule has 20 heavy (non-hydrogen) atoms. The smallest absolute Gasteiger partial charge is 0.331 e. The van der Waals surface area contributed by atoms with Crippen molar-refractivity contribution in [2.45, 2.75) is 46.5 Å². The summed E-state index contributed by atoms with van der Waals surface area (Å²) in [6, 6.07) is 0. The third kappa shape index (κ3) is 6.55. The van der Waals surface area contributed by atoms with Crippen LogP contribution in [0.2, 0.25) is 0 Å². The first-order valence-electron chi connectivity index (χ1n) is 7.18. The maximum atomic E-state index is 11.5. The van der Waals surface area contributed by atoms with E-state index in [4.69, 9.17) is 9.47 Å². The predicted octanol–water partition coefficient (Wildman–Crippen LogP) is 3.18. The van der Waals surface area contributed by atoms with E-state index in [0.717, 1.165) is 31.4 Å². The summed E-state index contributed by atoms with van der Waals surface area (Å²) < 4.78 is 10.1. The number of hydrogen-bond donors (Lipinski definition) is 0. The van der Waals surface area contributed by atoms with Gasteiger partial charge >= 0.3 is 11.9 Å². The summed E-state index contributed by atoms with van der Waals surface area (Å²) in [5.74, 6) is -0.735. The first-order chi connectivity index (χ1) is 9.49. The van der Waals surface area contributed by atoms with E-state index in [-0.39, 0.29) is 5.92 Å². The van der Waals surface area contributed by atoms with Crippen molar-refractivity contribution < 1.29 is 19.1 Å². The number of carbonyl (C=O) groups is 2. The van der Waals surface area contributed by atoms with Crippen LogP contribution in [0, 0.1) is 5.92 Å². The van der Waals surface area contributed by atoms with Crippen molar-refractivity contribution in [1.82, 2.24) is 0 Å².